The molecule has 0 saturated heterocycles. The van der Waals surface area contributed by atoms with Crippen molar-refractivity contribution < 1.29 is 14.6 Å². The van der Waals surface area contributed by atoms with E-state index in [1.165, 1.54) is 0 Å². The Morgan fingerprint density at radius 3 is 2.73 bits per heavy atom. The van der Waals surface area contributed by atoms with E-state index in [0.717, 1.165) is 10.2 Å². The lowest BCUT2D eigenvalue weighted by Gasteiger charge is -2.08. The van der Waals surface area contributed by atoms with Crippen molar-refractivity contribution in [1.29, 1.82) is 0 Å². The van der Waals surface area contributed by atoms with Crippen LogP contribution in [0.4, 0.5) is 0 Å². The summed E-state index contributed by atoms with van der Waals surface area (Å²) in [5.41, 5.74) is 0. The Hall–Kier alpha value is -0.290. The fraction of sp³-hybridized carbons (Fsp3) is 0.400. The van der Waals surface area contributed by atoms with Crippen LogP contribution in [0.5, 0.6) is 5.75 Å². The lowest BCUT2D eigenvalue weighted by atomic mass is 10.3. The smallest absolute Gasteiger partial charge is 0.133 e. The van der Waals surface area contributed by atoms with E-state index < -0.39 is 0 Å². The van der Waals surface area contributed by atoms with Crippen LogP contribution < -0.4 is 4.74 Å². The molecule has 0 aliphatic rings. The van der Waals surface area contributed by atoms with Crippen LogP contribution in [-0.2, 0) is 4.74 Å². The molecule has 1 N–H and O–H groups in total. The quantitative estimate of drug-likeness (QED) is 0.820. The van der Waals surface area contributed by atoms with Gasteiger partial charge in [-0.05, 0) is 34.1 Å². The third-order valence-electron chi connectivity index (χ3n) is 1.61. The van der Waals surface area contributed by atoms with Gasteiger partial charge in [0.25, 0.3) is 0 Å². The number of hydrogen-bond acceptors (Lipinski definition) is 3. The lowest BCUT2D eigenvalue weighted by molar-refractivity contribution is 0.0703. The molecular formula is C10H12BrClO3. The van der Waals surface area contributed by atoms with Crippen LogP contribution >= 0.6 is 27.5 Å². The molecule has 0 aromatic heterocycles. The van der Waals surface area contributed by atoms with Gasteiger partial charge in [-0.2, -0.15) is 0 Å². The summed E-state index contributed by atoms with van der Waals surface area (Å²) < 4.78 is 11.3. The summed E-state index contributed by atoms with van der Waals surface area (Å²) in [5.74, 6) is 0.729. The molecule has 0 radical (unpaired) electrons. The average Bonchev–Trinajstić information content (AvgIpc) is 2.20. The van der Waals surface area contributed by atoms with Crippen LogP contribution in [0.1, 0.15) is 0 Å². The SMILES string of the molecule is OCCOCCOc1ccc(Cl)cc1Br. The first-order chi connectivity index (χ1) is 7.24. The maximum Gasteiger partial charge on any atom is 0.133 e. The maximum absolute atomic E-state index is 8.47. The number of aliphatic hydroxyl groups is 1. The van der Waals surface area contributed by atoms with Gasteiger partial charge in [0.1, 0.15) is 12.4 Å². The minimum atomic E-state index is 0.0324. The fourth-order valence-corrected chi connectivity index (χ4v) is 1.77. The molecular weight excluding hydrogens is 283 g/mol. The minimum absolute atomic E-state index is 0.0324. The third-order valence-corrected chi connectivity index (χ3v) is 2.47. The van der Waals surface area contributed by atoms with Gasteiger partial charge in [0.15, 0.2) is 0 Å². The highest BCUT2D eigenvalue weighted by atomic mass is 79.9. The van der Waals surface area contributed by atoms with Crippen molar-refractivity contribution in [2.75, 3.05) is 26.4 Å². The maximum atomic E-state index is 8.47. The van der Waals surface area contributed by atoms with Gasteiger partial charge in [0.2, 0.25) is 0 Å². The van der Waals surface area contributed by atoms with Crippen LogP contribution in [0.2, 0.25) is 5.02 Å². The second kappa shape index (κ2) is 7.06. The van der Waals surface area contributed by atoms with Crippen molar-refractivity contribution in [2.45, 2.75) is 0 Å². The number of halogens is 2. The molecule has 0 aliphatic carbocycles. The van der Waals surface area contributed by atoms with Gasteiger partial charge in [0.05, 0.1) is 24.3 Å². The summed E-state index contributed by atoms with van der Waals surface area (Å²) in [6.07, 6.45) is 0. The van der Waals surface area contributed by atoms with Gasteiger partial charge in [-0.15, -0.1) is 0 Å². The second-order valence-electron chi connectivity index (χ2n) is 2.76. The molecule has 0 unspecified atom stereocenters. The Kier molecular flexibility index (Phi) is 6.02. The predicted molar refractivity (Wildman–Crippen MR) is 62.6 cm³/mol. The molecule has 0 amide bonds. The molecule has 3 nitrogen and oxygen atoms in total. The van der Waals surface area contributed by atoms with E-state index in [0.29, 0.717) is 24.8 Å². The van der Waals surface area contributed by atoms with Crippen molar-refractivity contribution in [3.05, 3.63) is 27.7 Å². The Morgan fingerprint density at radius 1 is 1.27 bits per heavy atom. The number of benzene rings is 1. The van der Waals surface area contributed by atoms with E-state index >= 15 is 0 Å². The Labute approximate surface area is 102 Å². The average molecular weight is 296 g/mol. The van der Waals surface area contributed by atoms with Gasteiger partial charge in [-0.25, -0.2) is 0 Å². The van der Waals surface area contributed by atoms with Crippen molar-refractivity contribution in [3.63, 3.8) is 0 Å². The largest absolute Gasteiger partial charge is 0.490 e. The van der Waals surface area contributed by atoms with E-state index in [1.807, 2.05) is 0 Å². The number of hydrogen-bond donors (Lipinski definition) is 1. The van der Waals surface area contributed by atoms with Crippen LogP contribution in [0, 0.1) is 0 Å². The standard InChI is InChI=1S/C10H12BrClO3/c11-9-7-8(12)1-2-10(9)15-6-5-14-4-3-13/h1-2,7,13H,3-6H2. The van der Waals surface area contributed by atoms with Crippen molar-refractivity contribution in [1.82, 2.24) is 0 Å². The van der Waals surface area contributed by atoms with Crippen LogP contribution in [0.15, 0.2) is 22.7 Å². The monoisotopic (exact) mass is 294 g/mol. The molecule has 0 fully saturated rings. The molecule has 15 heavy (non-hydrogen) atoms. The number of aliphatic hydroxyl groups excluding tert-OH is 1. The van der Waals surface area contributed by atoms with Crippen molar-refractivity contribution in [3.8, 4) is 5.75 Å². The van der Waals surface area contributed by atoms with Crippen molar-refractivity contribution >= 4 is 27.5 Å². The Bertz CT molecular complexity index is 307. The molecule has 5 heteroatoms. The summed E-state index contributed by atoms with van der Waals surface area (Å²) >= 11 is 9.12. The lowest BCUT2D eigenvalue weighted by Crippen LogP contribution is -2.09. The Morgan fingerprint density at radius 2 is 2.07 bits per heavy atom. The van der Waals surface area contributed by atoms with Gasteiger partial charge in [-0.3, -0.25) is 0 Å². The zero-order valence-electron chi connectivity index (χ0n) is 8.08. The number of rotatable bonds is 6. The van der Waals surface area contributed by atoms with E-state index in [1.54, 1.807) is 18.2 Å². The molecule has 0 aliphatic heterocycles. The third kappa shape index (κ3) is 4.84. The molecule has 0 bridgehead atoms. The van der Waals surface area contributed by atoms with E-state index in [4.69, 9.17) is 26.2 Å². The first kappa shape index (κ1) is 12.8. The van der Waals surface area contributed by atoms with E-state index in [-0.39, 0.29) is 6.61 Å². The molecule has 0 spiro atoms. The highest BCUT2D eigenvalue weighted by molar-refractivity contribution is 9.10. The summed E-state index contributed by atoms with van der Waals surface area (Å²) in [4.78, 5) is 0. The summed E-state index contributed by atoms with van der Waals surface area (Å²) in [6.45, 7) is 1.27. The highest BCUT2D eigenvalue weighted by Crippen LogP contribution is 2.27. The van der Waals surface area contributed by atoms with Crippen molar-refractivity contribution in [2.24, 2.45) is 0 Å². The molecule has 1 aromatic carbocycles. The fourth-order valence-electron chi connectivity index (χ4n) is 0.969. The first-order valence-electron chi connectivity index (χ1n) is 4.50. The number of ether oxygens (including phenoxy) is 2. The van der Waals surface area contributed by atoms with Gasteiger partial charge >= 0.3 is 0 Å². The summed E-state index contributed by atoms with van der Waals surface area (Å²) in [6, 6.07) is 5.32. The zero-order chi connectivity index (χ0) is 11.1. The van der Waals surface area contributed by atoms with Crippen LogP contribution in [0.3, 0.4) is 0 Å². The second-order valence-corrected chi connectivity index (χ2v) is 4.05. The van der Waals surface area contributed by atoms with Gasteiger partial charge in [0, 0.05) is 5.02 Å². The predicted octanol–water partition coefficient (Wildman–Crippen LogP) is 2.49. The molecule has 1 aromatic rings. The summed E-state index contributed by atoms with van der Waals surface area (Å²) in [5, 5.41) is 9.13. The normalized spacial score (nSPS) is 10.3. The van der Waals surface area contributed by atoms with Gasteiger partial charge in [-0.1, -0.05) is 11.6 Å². The van der Waals surface area contributed by atoms with Crippen LogP contribution in [-0.4, -0.2) is 31.5 Å². The topological polar surface area (TPSA) is 38.7 Å². The summed E-state index contributed by atoms with van der Waals surface area (Å²) in [7, 11) is 0. The molecule has 0 saturated carbocycles. The van der Waals surface area contributed by atoms with E-state index in [9.17, 15) is 0 Å². The molecule has 84 valence electrons. The molecule has 0 atom stereocenters. The van der Waals surface area contributed by atoms with E-state index in [2.05, 4.69) is 15.9 Å². The van der Waals surface area contributed by atoms with Gasteiger partial charge < -0.3 is 14.6 Å². The van der Waals surface area contributed by atoms with Crippen LogP contribution in [0.25, 0.3) is 0 Å². The minimum Gasteiger partial charge on any atom is -0.490 e. The molecule has 0 heterocycles. The first-order valence-corrected chi connectivity index (χ1v) is 5.67. The molecule has 1 rings (SSSR count). The highest BCUT2D eigenvalue weighted by Gasteiger charge is 2.01. The zero-order valence-corrected chi connectivity index (χ0v) is 10.4. The Balaban J connectivity index is 2.31.